The lowest BCUT2D eigenvalue weighted by Crippen LogP contribution is -2.35. The lowest BCUT2D eigenvalue weighted by atomic mass is 9.97. The summed E-state index contributed by atoms with van der Waals surface area (Å²) >= 11 is 9.88. The van der Waals surface area contributed by atoms with E-state index < -0.39 is 0 Å². The summed E-state index contributed by atoms with van der Waals surface area (Å²) in [5, 5.41) is 4.35. The Balaban J connectivity index is 2.09. The van der Waals surface area contributed by atoms with Crippen LogP contribution >= 0.6 is 27.5 Å². The summed E-state index contributed by atoms with van der Waals surface area (Å²) in [6.45, 7) is 1.68. The molecule has 1 heterocycles. The molecule has 1 unspecified atom stereocenters. The maximum absolute atomic E-state index is 6.30. The Kier molecular flexibility index (Phi) is 5.49. The number of nitrogens with one attached hydrogen (secondary N) is 1. The van der Waals surface area contributed by atoms with Gasteiger partial charge in [-0.1, -0.05) is 34.0 Å². The summed E-state index contributed by atoms with van der Waals surface area (Å²) in [5.74, 6) is 0. The van der Waals surface area contributed by atoms with Gasteiger partial charge in [0.25, 0.3) is 0 Å². The summed E-state index contributed by atoms with van der Waals surface area (Å²) in [4.78, 5) is 0. The first-order chi connectivity index (χ1) is 8.70. The van der Waals surface area contributed by atoms with E-state index in [2.05, 4.69) is 33.4 Å². The number of hydrogen-bond acceptors (Lipinski definition) is 2. The number of piperidine rings is 1. The minimum Gasteiger partial charge on any atom is -0.380 e. The molecule has 1 aliphatic heterocycles. The van der Waals surface area contributed by atoms with Crippen LogP contribution in [0.4, 0.5) is 0 Å². The molecule has 100 valence electrons. The highest BCUT2D eigenvalue weighted by molar-refractivity contribution is 9.10. The summed E-state index contributed by atoms with van der Waals surface area (Å²) in [6, 6.07) is 4.82. The van der Waals surface area contributed by atoms with E-state index in [0.29, 0.717) is 12.6 Å². The summed E-state index contributed by atoms with van der Waals surface area (Å²) in [5.41, 5.74) is 2.31. The zero-order chi connectivity index (χ0) is 13.0. The van der Waals surface area contributed by atoms with Crippen LogP contribution in [0, 0.1) is 0 Å². The van der Waals surface area contributed by atoms with E-state index in [-0.39, 0.29) is 0 Å². The first-order valence-corrected chi connectivity index (χ1v) is 7.57. The van der Waals surface area contributed by atoms with Crippen molar-refractivity contribution in [3.05, 3.63) is 32.8 Å². The molecule has 0 amide bonds. The maximum atomic E-state index is 6.30. The van der Waals surface area contributed by atoms with Crippen LogP contribution in [0.2, 0.25) is 5.02 Å². The lowest BCUT2D eigenvalue weighted by molar-refractivity contribution is 0.184. The zero-order valence-electron chi connectivity index (χ0n) is 10.6. The Bertz CT molecular complexity index is 382. The number of methoxy groups -OCH3 is 1. The molecule has 1 saturated heterocycles. The second-order valence-electron chi connectivity index (χ2n) is 4.82. The number of benzene rings is 1. The monoisotopic (exact) mass is 331 g/mol. The van der Waals surface area contributed by atoms with Crippen LogP contribution in [-0.4, -0.2) is 19.7 Å². The molecule has 0 saturated carbocycles. The van der Waals surface area contributed by atoms with Gasteiger partial charge in [-0.3, -0.25) is 0 Å². The average molecular weight is 333 g/mol. The average Bonchev–Trinajstić information content (AvgIpc) is 2.35. The first-order valence-electron chi connectivity index (χ1n) is 6.40. The maximum Gasteiger partial charge on any atom is 0.0738 e. The minimum atomic E-state index is 0.543. The van der Waals surface area contributed by atoms with E-state index in [0.717, 1.165) is 28.0 Å². The van der Waals surface area contributed by atoms with Crippen molar-refractivity contribution in [3.8, 4) is 0 Å². The normalized spacial score (nSPS) is 20.1. The van der Waals surface area contributed by atoms with Gasteiger partial charge >= 0.3 is 0 Å². The van der Waals surface area contributed by atoms with Crippen molar-refractivity contribution < 1.29 is 4.74 Å². The van der Waals surface area contributed by atoms with Crippen molar-refractivity contribution in [2.75, 3.05) is 13.7 Å². The van der Waals surface area contributed by atoms with E-state index in [1.54, 1.807) is 7.11 Å². The Labute approximate surface area is 122 Å². The minimum absolute atomic E-state index is 0.543. The van der Waals surface area contributed by atoms with Gasteiger partial charge < -0.3 is 10.1 Å². The molecule has 0 radical (unpaired) electrons. The molecule has 0 bridgehead atoms. The van der Waals surface area contributed by atoms with Crippen LogP contribution in [-0.2, 0) is 17.8 Å². The molecule has 1 atom stereocenters. The van der Waals surface area contributed by atoms with Crippen LogP contribution in [0.5, 0.6) is 0 Å². The van der Waals surface area contributed by atoms with Gasteiger partial charge in [-0.05, 0) is 43.5 Å². The number of halogens is 2. The number of rotatable bonds is 4. The third kappa shape index (κ3) is 3.70. The molecule has 0 spiro atoms. The van der Waals surface area contributed by atoms with Crippen molar-refractivity contribution in [3.63, 3.8) is 0 Å². The Morgan fingerprint density at radius 2 is 2.28 bits per heavy atom. The smallest absolute Gasteiger partial charge is 0.0738 e. The summed E-state index contributed by atoms with van der Waals surface area (Å²) < 4.78 is 6.20. The van der Waals surface area contributed by atoms with E-state index in [1.165, 1.54) is 24.8 Å². The first kappa shape index (κ1) is 14.3. The molecule has 1 aliphatic rings. The molecule has 4 heteroatoms. The van der Waals surface area contributed by atoms with Crippen molar-refractivity contribution in [2.24, 2.45) is 0 Å². The molecule has 1 fully saturated rings. The van der Waals surface area contributed by atoms with Gasteiger partial charge in [-0.25, -0.2) is 0 Å². The van der Waals surface area contributed by atoms with Crippen LogP contribution in [0.1, 0.15) is 30.4 Å². The van der Waals surface area contributed by atoms with Gasteiger partial charge in [-0.2, -0.15) is 0 Å². The summed E-state index contributed by atoms with van der Waals surface area (Å²) in [6.07, 6.45) is 4.93. The molecule has 1 N–H and O–H groups in total. The second-order valence-corrected chi connectivity index (χ2v) is 6.08. The van der Waals surface area contributed by atoms with Crippen molar-refractivity contribution >= 4 is 27.5 Å². The van der Waals surface area contributed by atoms with Gasteiger partial charge in [0, 0.05) is 28.2 Å². The number of hydrogen-bond donors (Lipinski definition) is 1. The van der Waals surface area contributed by atoms with E-state index >= 15 is 0 Å². The standard InChI is InChI=1S/C14H19BrClNO/c1-18-9-12-13(15)7-10(8-14(12)16)6-11-4-2-3-5-17-11/h7-8,11,17H,2-6,9H2,1H3. The molecule has 1 aromatic rings. The Hall–Kier alpha value is -0.0900. The second kappa shape index (κ2) is 6.90. The largest absolute Gasteiger partial charge is 0.380 e. The van der Waals surface area contributed by atoms with Crippen molar-refractivity contribution in [2.45, 2.75) is 38.3 Å². The van der Waals surface area contributed by atoms with Gasteiger partial charge in [0.05, 0.1) is 6.61 Å². The van der Waals surface area contributed by atoms with E-state index in [4.69, 9.17) is 16.3 Å². The van der Waals surface area contributed by atoms with E-state index in [1.807, 2.05) is 0 Å². The molecule has 2 nitrogen and oxygen atoms in total. The molecular formula is C14H19BrClNO. The molecule has 0 aliphatic carbocycles. The molecule has 1 aromatic carbocycles. The quantitative estimate of drug-likeness (QED) is 0.902. The molecule has 18 heavy (non-hydrogen) atoms. The fraction of sp³-hybridized carbons (Fsp3) is 0.571. The highest BCUT2D eigenvalue weighted by atomic mass is 79.9. The van der Waals surface area contributed by atoms with E-state index in [9.17, 15) is 0 Å². The summed E-state index contributed by atoms with van der Waals surface area (Å²) in [7, 11) is 1.68. The predicted octanol–water partition coefficient (Wildman–Crippen LogP) is 3.93. The molecule has 0 aromatic heterocycles. The van der Waals surface area contributed by atoms with Crippen molar-refractivity contribution in [1.82, 2.24) is 5.32 Å². The lowest BCUT2D eigenvalue weighted by Gasteiger charge is -2.23. The topological polar surface area (TPSA) is 21.3 Å². The van der Waals surface area contributed by atoms with Gasteiger partial charge in [0.15, 0.2) is 0 Å². The fourth-order valence-electron chi connectivity index (χ4n) is 2.44. The predicted molar refractivity (Wildman–Crippen MR) is 79.2 cm³/mol. The number of ether oxygens (including phenoxy) is 1. The molecular weight excluding hydrogens is 314 g/mol. The van der Waals surface area contributed by atoms with Crippen LogP contribution in [0.25, 0.3) is 0 Å². The Morgan fingerprint density at radius 1 is 1.44 bits per heavy atom. The van der Waals surface area contributed by atoms with Gasteiger partial charge in [-0.15, -0.1) is 0 Å². The zero-order valence-corrected chi connectivity index (χ0v) is 13.0. The third-order valence-corrected chi connectivity index (χ3v) is 4.43. The van der Waals surface area contributed by atoms with Crippen molar-refractivity contribution in [1.29, 1.82) is 0 Å². The van der Waals surface area contributed by atoms with Gasteiger partial charge in [0.2, 0.25) is 0 Å². The van der Waals surface area contributed by atoms with Gasteiger partial charge in [0.1, 0.15) is 0 Å². The SMILES string of the molecule is COCc1c(Cl)cc(CC2CCCCN2)cc1Br. The van der Waals surface area contributed by atoms with Crippen LogP contribution < -0.4 is 5.32 Å². The van der Waals surface area contributed by atoms with Crippen LogP contribution in [0.15, 0.2) is 16.6 Å². The highest BCUT2D eigenvalue weighted by Gasteiger charge is 2.15. The highest BCUT2D eigenvalue weighted by Crippen LogP contribution is 2.28. The third-order valence-electron chi connectivity index (χ3n) is 3.38. The molecule has 2 rings (SSSR count). The Morgan fingerprint density at radius 3 is 2.89 bits per heavy atom. The fourth-order valence-corrected chi connectivity index (χ4v) is 3.47. The van der Waals surface area contributed by atoms with Crippen LogP contribution in [0.3, 0.4) is 0 Å².